The summed E-state index contributed by atoms with van der Waals surface area (Å²) in [6.45, 7) is 8.09. The summed E-state index contributed by atoms with van der Waals surface area (Å²) >= 11 is 0. The number of nitrogens with one attached hydrogen (secondary N) is 2. The van der Waals surface area contributed by atoms with Crippen molar-refractivity contribution in [2.75, 3.05) is 17.2 Å². The third-order valence-corrected chi connectivity index (χ3v) is 4.26. The maximum Gasteiger partial charge on any atom is 0.340 e. The SMILES string of the molecule is CCOC(=O)c1ccccc1Nc1cc(C)nc(Nc2c(C)cccc2C)n1. The first-order valence-corrected chi connectivity index (χ1v) is 9.20. The molecule has 0 aliphatic rings. The maximum absolute atomic E-state index is 12.2. The van der Waals surface area contributed by atoms with Crippen LogP contribution in [-0.4, -0.2) is 22.5 Å². The average Bonchev–Trinajstić information content (AvgIpc) is 2.65. The van der Waals surface area contributed by atoms with E-state index in [0.717, 1.165) is 22.5 Å². The van der Waals surface area contributed by atoms with Gasteiger partial charge in [-0.05, 0) is 51.0 Å². The van der Waals surface area contributed by atoms with Crippen molar-refractivity contribution in [1.29, 1.82) is 0 Å². The Morgan fingerprint density at radius 2 is 1.68 bits per heavy atom. The lowest BCUT2D eigenvalue weighted by molar-refractivity contribution is 0.0527. The van der Waals surface area contributed by atoms with E-state index in [4.69, 9.17) is 4.74 Å². The van der Waals surface area contributed by atoms with E-state index in [9.17, 15) is 4.79 Å². The summed E-state index contributed by atoms with van der Waals surface area (Å²) in [6, 6.07) is 15.1. The quantitative estimate of drug-likeness (QED) is 0.585. The van der Waals surface area contributed by atoms with Crippen LogP contribution in [0.2, 0.25) is 0 Å². The lowest BCUT2D eigenvalue weighted by Gasteiger charge is -2.14. The van der Waals surface area contributed by atoms with Crippen LogP contribution in [0, 0.1) is 20.8 Å². The molecular formula is C22H24N4O2. The van der Waals surface area contributed by atoms with Crippen molar-refractivity contribution >= 4 is 29.1 Å². The normalized spacial score (nSPS) is 10.4. The van der Waals surface area contributed by atoms with E-state index >= 15 is 0 Å². The van der Waals surface area contributed by atoms with Crippen LogP contribution in [0.1, 0.15) is 34.1 Å². The second-order valence-corrected chi connectivity index (χ2v) is 6.50. The zero-order chi connectivity index (χ0) is 20.1. The smallest absolute Gasteiger partial charge is 0.340 e. The lowest BCUT2D eigenvalue weighted by Crippen LogP contribution is -2.09. The van der Waals surface area contributed by atoms with E-state index < -0.39 is 0 Å². The van der Waals surface area contributed by atoms with Gasteiger partial charge in [-0.25, -0.2) is 9.78 Å². The number of rotatable bonds is 6. The molecule has 0 amide bonds. The highest BCUT2D eigenvalue weighted by Gasteiger charge is 2.13. The number of para-hydroxylation sites is 2. The van der Waals surface area contributed by atoms with Crippen molar-refractivity contribution < 1.29 is 9.53 Å². The number of carbonyl (C=O) groups is 1. The molecule has 3 aromatic rings. The van der Waals surface area contributed by atoms with Gasteiger partial charge in [-0.15, -0.1) is 0 Å². The number of carbonyl (C=O) groups excluding carboxylic acids is 1. The monoisotopic (exact) mass is 376 g/mol. The summed E-state index contributed by atoms with van der Waals surface area (Å²) in [5.74, 6) is 0.719. The van der Waals surface area contributed by atoms with Gasteiger partial charge in [-0.2, -0.15) is 4.98 Å². The minimum Gasteiger partial charge on any atom is -0.462 e. The molecule has 0 bridgehead atoms. The van der Waals surface area contributed by atoms with Gasteiger partial charge in [0.05, 0.1) is 17.9 Å². The van der Waals surface area contributed by atoms with Crippen LogP contribution in [0.25, 0.3) is 0 Å². The Bertz CT molecular complexity index is 981. The van der Waals surface area contributed by atoms with E-state index in [0.29, 0.717) is 29.6 Å². The second kappa shape index (κ2) is 8.52. The van der Waals surface area contributed by atoms with Gasteiger partial charge in [0, 0.05) is 17.4 Å². The molecule has 2 N–H and O–H groups in total. The molecule has 0 saturated heterocycles. The molecule has 2 aromatic carbocycles. The third-order valence-electron chi connectivity index (χ3n) is 4.26. The molecule has 0 aliphatic carbocycles. The van der Waals surface area contributed by atoms with E-state index in [-0.39, 0.29) is 5.97 Å². The number of hydrogen-bond acceptors (Lipinski definition) is 6. The van der Waals surface area contributed by atoms with Crippen molar-refractivity contribution in [1.82, 2.24) is 9.97 Å². The summed E-state index contributed by atoms with van der Waals surface area (Å²) in [5.41, 5.74) is 5.13. The van der Waals surface area contributed by atoms with Gasteiger partial charge < -0.3 is 15.4 Å². The first-order chi connectivity index (χ1) is 13.5. The standard InChI is InChI=1S/C22H24N4O2/c1-5-28-21(27)17-11-6-7-12-18(17)24-19-13-16(4)23-22(25-19)26-20-14(2)9-8-10-15(20)3/h6-13H,5H2,1-4H3,(H2,23,24,25,26). The Morgan fingerprint density at radius 1 is 0.964 bits per heavy atom. The molecular weight excluding hydrogens is 352 g/mol. The number of ether oxygens (including phenoxy) is 1. The fourth-order valence-electron chi connectivity index (χ4n) is 2.93. The Balaban J connectivity index is 1.90. The summed E-state index contributed by atoms with van der Waals surface area (Å²) in [6.07, 6.45) is 0. The molecule has 3 rings (SSSR count). The molecule has 1 heterocycles. The number of anilines is 4. The van der Waals surface area contributed by atoms with Crippen molar-refractivity contribution in [3.8, 4) is 0 Å². The number of hydrogen-bond donors (Lipinski definition) is 2. The van der Waals surface area contributed by atoms with Crippen LogP contribution in [0.4, 0.5) is 23.1 Å². The molecule has 0 atom stereocenters. The van der Waals surface area contributed by atoms with Gasteiger partial charge in [-0.1, -0.05) is 30.3 Å². The summed E-state index contributed by atoms with van der Waals surface area (Å²) < 4.78 is 5.14. The van der Waals surface area contributed by atoms with Gasteiger partial charge in [-0.3, -0.25) is 0 Å². The Labute approximate surface area is 165 Å². The molecule has 0 saturated carbocycles. The van der Waals surface area contributed by atoms with Gasteiger partial charge in [0.1, 0.15) is 5.82 Å². The van der Waals surface area contributed by atoms with E-state index in [1.165, 1.54) is 0 Å². The molecule has 0 spiro atoms. The maximum atomic E-state index is 12.2. The van der Waals surface area contributed by atoms with Crippen LogP contribution >= 0.6 is 0 Å². The number of nitrogens with zero attached hydrogens (tertiary/aromatic N) is 2. The van der Waals surface area contributed by atoms with Crippen LogP contribution in [0.15, 0.2) is 48.5 Å². The fourth-order valence-corrected chi connectivity index (χ4v) is 2.93. The second-order valence-electron chi connectivity index (χ2n) is 6.50. The largest absolute Gasteiger partial charge is 0.462 e. The minimum absolute atomic E-state index is 0.323. The van der Waals surface area contributed by atoms with Crippen molar-refractivity contribution in [2.45, 2.75) is 27.7 Å². The lowest BCUT2D eigenvalue weighted by atomic mass is 10.1. The molecule has 1 aromatic heterocycles. The molecule has 0 aliphatic heterocycles. The van der Waals surface area contributed by atoms with Crippen LogP contribution in [0.5, 0.6) is 0 Å². The van der Waals surface area contributed by atoms with Crippen LogP contribution in [0.3, 0.4) is 0 Å². The zero-order valence-corrected chi connectivity index (χ0v) is 16.5. The molecule has 6 heteroatoms. The Hall–Kier alpha value is -3.41. The predicted molar refractivity (Wildman–Crippen MR) is 112 cm³/mol. The first kappa shape index (κ1) is 19.4. The molecule has 6 nitrogen and oxygen atoms in total. The topological polar surface area (TPSA) is 76.1 Å². The Kier molecular flexibility index (Phi) is 5.89. The molecule has 28 heavy (non-hydrogen) atoms. The summed E-state index contributed by atoms with van der Waals surface area (Å²) in [4.78, 5) is 21.3. The summed E-state index contributed by atoms with van der Waals surface area (Å²) in [5, 5.41) is 6.53. The Morgan fingerprint density at radius 3 is 2.39 bits per heavy atom. The third kappa shape index (κ3) is 4.46. The van der Waals surface area contributed by atoms with Crippen LogP contribution in [-0.2, 0) is 4.74 Å². The average molecular weight is 376 g/mol. The van der Waals surface area contributed by atoms with Crippen molar-refractivity contribution in [2.24, 2.45) is 0 Å². The van der Waals surface area contributed by atoms with Gasteiger partial charge >= 0.3 is 5.97 Å². The fraction of sp³-hybridized carbons (Fsp3) is 0.227. The zero-order valence-electron chi connectivity index (χ0n) is 16.5. The molecule has 0 unspecified atom stereocenters. The molecule has 0 radical (unpaired) electrons. The molecule has 0 fully saturated rings. The van der Waals surface area contributed by atoms with E-state index in [1.54, 1.807) is 19.1 Å². The predicted octanol–water partition coefficient (Wildman–Crippen LogP) is 5.07. The number of aromatic nitrogens is 2. The first-order valence-electron chi connectivity index (χ1n) is 9.20. The minimum atomic E-state index is -0.370. The van der Waals surface area contributed by atoms with Gasteiger partial charge in [0.25, 0.3) is 0 Å². The molecule has 144 valence electrons. The summed E-state index contributed by atoms with van der Waals surface area (Å²) in [7, 11) is 0. The highest BCUT2D eigenvalue weighted by molar-refractivity contribution is 5.96. The van der Waals surface area contributed by atoms with Crippen molar-refractivity contribution in [3.05, 3.63) is 70.9 Å². The number of benzene rings is 2. The van der Waals surface area contributed by atoms with E-state index in [2.05, 4.69) is 20.6 Å². The van der Waals surface area contributed by atoms with Crippen molar-refractivity contribution in [3.63, 3.8) is 0 Å². The highest BCUT2D eigenvalue weighted by atomic mass is 16.5. The van der Waals surface area contributed by atoms with E-state index in [1.807, 2.05) is 57.2 Å². The highest BCUT2D eigenvalue weighted by Crippen LogP contribution is 2.25. The van der Waals surface area contributed by atoms with Gasteiger partial charge in [0.15, 0.2) is 0 Å². The number of aryl methyl sites for hydroxylation is 3. The van der Waals surface area contributed by atoms with Crippen LogP contribution < -0.4 is 10.6 Å². The van der Waals surface area contributed by atoms with Gasteiger partial charge in [0.2, 0.25) is 5.95 Å². The number of esters is 1.